The molecule has 0 unspecified atom stereocenters. The lowest BCUT2D eigenvalue weighted by Gasteiger charge is -2.34. The van der Waals surface area contributed by atoms with E-state index in [2.05, 4.69) is 24.5 Å². The van der Waals surface area contributed by atoms with Gasteiger partial charge in [-0.15, -0.1) is 0 Å². The normalized spacial score (nSPS) is 17.6. The van der Waals surface area contributed by atoms with E-state index in [1.54, 1.807) is 7.11 Å². The van der Waals surface area contributed by atoms with Crippen LogP contribution >= 0.6 is 0 Å². The predicted molar refractivity (Wildman–Crippen MR) is 59.2 cm³/mol. The molecule has 0 fully saturated rings. The van der Waals surface area contributed by atoms with Crippen LogP contribution in [0.4, 0.5) is 11.4 Å². The zero-order chi connectivity index (χ0) is 10.2. The van der Waals surface area contributed by atoms with Crippen molar-refractivity contribution in [2.45, 2.75) is 19.4 Å². The molecule has 1 heterocycles. The van der Waals surface area contributed by atoms with Crippen LogP contribution in [0.2, 0.25) is 0 Å². The minimum atomic E-state index is 0.0966. The third kappa shape index (κ3) is 1.62. The summed E-state index contributed by atoms with van der Waals surface area (Å²) in [5.74, 6) is 0.885. The fraction of sp³-hybridized carbons (Fsp3) is 0.455. The Hall–Kier alpha value is -1.38. The SMILES string of the molecule is COc1ccc2c(c1)NC(C)(C)CN2. The van der Waals surface area contributed by atoms with Gasteiger partial charge in [-0.1, -0.05) is 0 Å². The predicted octanol–water partition coefficient (Wildman–Crippen LogP) is 2.31. The average molecular weight is 192 g/mol. The molecule has 1 aliphatic rings. The fourth-order valence-electron chi connectivity index (χ4n) is 1.63. The molecule has 0 spiro atoms. The quantitative estimate of drug-likeness (QED) is 0.716. The van der Waals surface area contributed by atoms with Gasteiger partial charge in [-0.2, -0.15) is 0 Å². The monoisotopic (exact) mass is 192 g/mol. The molecule has 0 amide bonds. The zero-order valence-electron chi connectivity index (χ0n) is 8.85. The Morgan fingerprint density at radius 2 is 2.07 bits per heavy atom. The van der Waals surface area contributed by atoms with Crippen LogP contribution in [-0.4, -0.2) is 19.2 Å². The first-order chi connectivity index (χ1) is 6.61. The first kappa shape index (κ1) is 9.19. The largest absolute Gasteiger partial charge is 0.497 e. The van der Waals surface area contributed by atoms with Crippen molar-refractivity contribution in [3.05, 3.63) is 18.2 Å². The fourth-order valence-corrected chi connectivity index (χ4v) is 1.63. The smallest absolute Gasteiger partial charge is 0.121 e. The Morgan fingerprint density at radius 3 is 2.79 bits per heavy atom. The van der Waals surface area contributed by atoms with Crippen molar-refractivity contribution >= 4 is 11.4 Å². The number of hydrogen-bond donors (Lipinski definition) is 2. The molecule has 76 valence electrons. The van der Waals surface area contributed by atoms with Crippen molar-refractivity contribution < 1.29 is 4.74 Å². The molecular formula is C11H16N2O. The van der Waals surface area contributed by atoms with Gasteiger partial charge in [0.1, 0.15) is 5.75 Å². The van der Waals surface area contributed by atoms with Crippen LogP contribution in [0, 0.1) is 0 Å². The molecule has 2 rings (SSSR count). The van der Waals surface area contributed by atoms with Gasteiger partial charge in [0.25, 0.3) is 0 Å². The molecule has 1 aromatic carbocycles. The molecule has 0 aliphatic carbocycles. The van der Waals surface area contributed by atoms with E-state index in [-0.39, 0.29) is 5.54 Å². The molecule has 2 N–H and O–H groups in total. The van der Waals surface area contributed by atoms with Crippen LogP contribution < -0.4 is 15.4 Å². The van der Waals surface area contributed by atoms with Crippen molar-refractivity contribution in [3.8, 4) is 5.75 Å². The molecular weight excluding hydrogens is 176 g/mol. The van der Waals surface area contributed by atoms with E-state index < -0.39 is 0 Å². The Labute approximate surface area is 84.5 Å². The van der Waals surface area contributed by atoms with E-state index in [1.807, 2.05) is 18.2 Å². The number of nitrogens with one attached hydrogen (secondary N) is 2. The van der Waals surface area contributed by atoms with Crippen LogP contribution in [0.25, 0.3) is 0 Å². The highest BCUT2D eigenvalue weighted by atomic mass is 16.5. The van der Waals surface area contributed by atoms with Crippen molar-refractivity contribution in [1.29, 1.82) is 0 Å². The highest BCUT2D eigenvalue weighted by Crippen LogP contribution is 2.32. The van der Waals surface area contributed by atoms with Crippen molar-refractivity contribution in [3.63, 3.8) is 0 Å². The summed E-state index contributed by atoms with van der Waals surface area (Å²) in [5, 5.41) is 6.85. The molecule has 0 atom stereocenters. The van der Waals surface area contributed by atoms with E-state index in [9.17, 15) is 0 Å². The molecule has 0 radical (unpaired) electrons. The minimum absolute atomic E-state index is 0.0966. The summed E-state index contributed by atoms with van der Waals surface area (Å²) in [5.41, 5.74) is 2.35. The maximum atomic E-state index is 5.18. The molecule has 0 aromatic heterocycles. The lowest BCUT2D eigenvalue weighted by molar-refractivity contribution is 0.414. The molecule has 0 saturated carbocycles. The Kier molecular flexibility index (Phi) is 2.02. The second-order valence-corrected chi connectivity index (χ2v) is 4.27. The van der Waals surface area contributed by atoms with Crippen molar-refractivity contribution in [1.82, 2.24) is 0 Å². The highest BCUT2D eigenvalue weighted by molar-refractivity contribution is 5.73. The van der Waals surface area contributed by atoms with Crippen LogP contribution in [0.3, 0.4) is 0 Å². The number of benzene rings is 1. The Balaban J connectivity index is 2.34. The van der Waals surface area contributed by atoms with Gasteiger partial charge in [-0.25, -0.2) is 0 Å². The first-order valence-electron chi connectivity index (χ1n) is 4.81. The zero-order valence-corrected chi connectivity index (χ0v) is 8.85. The van der Waals surface area contributed by atoms with E-state index in [4.69, 9.17) is 4.74 Å². The summed E-state index contributed by atoms with van der Waals surface area (Å²) in [7, 11) is 1.68. The summed E-state index contributed by atoms with van der Waals surface area (Å²) in [6.45, 7) is 5.27. The van der Waals surface area contributed by atoms with Gasteiger partial charge in [-0.05, 0) is 26.0 Å². The van der Waals surface area contributed by atoms with Gasteiger partial charge < -0.3 is 15.4 Å². The van der Waals surface area contributed by atoms with Crippen LogP contribution in [0.5, 0.6) is 5.75 Å². The standard InChI is InChI=1S/C11H16N2O/c1-11(2)7-12-9-5-4-8(14-3)6-10(9)13-11/h4-6,12-13H,7H2,1-3H3. The number of rotatable bonds is 1. The van der Waals surface area contributed by atoms with E-state index in [0.717, 1.165) is 23.7 Å². The highest BCUT2D eigenvalue weighted by Gasteiger charge is 2.23. The maximum absolute atomic E-state index is 5.18. The van der Waals surface area contributed by atoms with Gasteiger partial charge in [0.15, 0.2) is 0 Å². The molecule has 1 aromatic rings. The van der Waals surface area contributed by atoms with E-state index in [1.165, 1.54) is 0 Å². The summed E-state index contributed by atoms with van der Waals surface area (Å²) in [6, 6.07) is 6.02. The van der Waals surface area contributed by atoms with E-state index >= 15 is 0 Å². The lowest BCUT2D eigenvalue weighted by Crippen LogP contribution is -2.42. The van der Waals surface area contributed by atoms with Crippen molar-refractivity contribution in [2.75, 3.05) is 24.3 Å². The average Bonchev–Trinajstić information content (AvgIpc) is 2.15. The number of hydrogen-bond acceptors (Lipinski definition) is 3. The summed E-state index contributed by atoms with van der Waals surface area (Å²) in [6.07, 6.45) is 0. The summed E-state index contributed by atoms with van der Waals surface area (Å²) < 4.78 is 5.18. The lowest BCUT2D eigenvalue weighted by atomic mass is 10.0. The van der Waals surface area contributed by atoms with Gasteiger partial charge in [0.2, 0.25) is 0 Å². The summed E-state index contributed by atoms with van der Waals surface area (Å²) >= 11 is 0. The van der Waals surface area contributed by atoms with Crippen LogP contribution in [0.1, 0.15) is 13.8 Å². The molecule has 0 saturated heterocycles. The first-order valence-corrected chi connectivity index (χ1v) is 4.81. The summed E-state index contributed by atoms with van der Waals surface area (Å²) in [4.78, 5) is 0. The minimum Gasteiger partial charge on any atom is -0.497 e. The van der Waals surface area contributed by atoms with Crippen LogP contribution in [0.15, 0.2) is 18.2 Å². The Bertz CT molecular complexity index is 347. The van der Waals surface area contributed by atoms with Gasteiger partial charge >= 0.3 is 0 Å². The molecule has 1 aliphatic heterocycles. The number of anilines is 2. The van der Waals surface area contributed by atoms with Gasteiger partial charge in [-0.3, -0.25) is 0 Å². The molecule has 14 heavy (non-hydrogen) atoms. The van der Waals surface area contributed by atoms with Crippen LogP contribution in [-0.2, 0) is 0 Å². The van der Waals surface area contributed by atoms with Crippen molar-refractivity contribution in [2.24, 2.45) is 0 Å². The number of fused-ring (bicyclic) bond motifs is 1. The third-order valence-corrected chi connectivity index (χ3v) is 2.42. The number of ether oxygens (including phenoxy) is 1. The molecule has 3 heteroatoms. The molecule has 3 nitrogen and oxygen atoms in total. The second-order valence-electron chi connectivity index (χ2n) is 4.27. The number of methoxy groups -OCH3 is 1. The van der Waals surface area contributed by atoms with E-state index in [0.29, 0.717) is 0 Å². The van der Waals surface area contributed by atoms with Gasteiger partial charge in [0.05, 0.1) is 18.5 Å². The third-order valence-electron chi connectivity index (χ3n) is 2.42. The Morgan fingerprint density at radius 1 is 1.29 bits per heavy atom. The topological polar surface area (TPSA) is 33.3 Å². The maximum Gasteiger partial charge on any atom is 0.121 e. The second kappa shape index (κ2) is 3.08. The van der Waals surface area contributed by atoms with Gasteiger partial charge in [0, 0.05) is 18.2 Å². The molecule has 0 bridgehead atoms.